The third kappa shape index (κ3) is 4.13. The monoisotopic (exact) mass is 300 g/mol. The molecule has 1 aromatic rings. The van der Waals surface area contributed by atoms with Gasteiger partial charge in [0, 0.05) is 13.0 Å². The summed E-state index contributed by atoms with van der Waals surface area (Å²) in [6.07, 6.45) is 0.0323. The van der Waals surface area contributed by atoms with Crippen LogP contribution in [0.5, 0.6) is 5.75 Å². The topological polar surface area (TPSA) is 35.5 Å². The second kappa shape index (κ2) is 6.77. The van der Waals surface area contributed by atoms with Gasteiger partial charge in [0.2, 0.25) is 0 Å². The highest BCUT2D eigenvalue weighted by molar-refractivity contribution is 9.10. The van der Waals surface area contributed by atoms with E-state index in [2.05, 4.69) is 15.9 Å². The molecule has 1 atom stereocenters. The molecule has 0 heterocycles. The first-order valence-corrected chi connectivity index (χ1v) is 6.34. The van der Waals surface area contributed by atoms with Crippen molar-refractivity contribution >= 4 is 21.7 Å². The molecule has 0 amide bonds. The van der Waals surface area contributed by atoms with Gasteiger partial charge >= 0.3 is 0 Å². The molecule has 1 aromatic carbocycles. The first-order valence-electron chi connectivity index (χ1n) is 5.55. The Morgan fingerprint density at radius 3 is 2.71 bits per heavy atom. The molecule has 3 nitrogen and oxygen atoms in total. The number of hydrogen-bond acceptors (Lipinski definition) is 3. The zero-order valence-corrected chi connectivity index (χ0v) is 11.9. The lowest BCUT2D eigenvalue weighted by Gasteiger charge is -2.11. The van der Waals surface area contributed by atoms with Crippen LogP contribution in [0.3, 0.4) is 0 Å². The van der Waals surface area contributed by atoms with Gasteiger partial charge in [0.15, 0.2) is 5.78 Å². The van der Waals surface area contributed by atoms with Gasteiger partial charge in [-0.15, -0.1) is 0 Å². The molecule has 0 aliphatic rings. The van der Waals surface area contributed by atoms with E-state index in [1.807, 2.05) is 25.1 Å². The van der Waals surface area contributed by atoms with Gasteiger partial charge < -0.3 is 9.47 Å². The molecule has 17 heavy (non-hydrogen) atoms. The summed E-state index contributed by atoms with van der Waals surface area (Å²) in [4.78, 5) is 11.8. The molecule has 0 saturated carbocycles. The van der Waals surface area contributed by atoms with Crippen LogP contribution in [-0.2, 0) is 16.0 Å². The molecule has 0 aliphatic carbocycles. The minimum Gasteiger partial charge on any atom is -0.496 e. The molecule has 0 radical (unpaired) electrons. The quantitative estimate of drug-likeness (QED) is 0.810. The minimum atomic E-state index is -0.346. The van der Waals surface area contributed by atoms with Gasteiger partial charge in [-0.1, -0.05) is 6.07 Å². The van der Waals surface area contributed by atoms with Crippen LogP contribution in [0.1, 0.15) is 19.4 Å². The van der Waals surface area contributed by atoms with Gasteiger partial charge in [0.25, 0.3) is 0 Å². The maximum atomic E-state index is 11.8. The van der Waals surface area contributed by atoms with Crippen LogP contribution >= 0.6 is 15.9 Å². The van der Waals surface area contributed by atoms with E-state index in [-0.39, 0.29) is 11.9 Å². The standard InChI is InChI=1S/C13H17BrO3/c1-4-17-9(2)12(15)8-10-5-6-13(16-3)11(14)7-10/h5-7,9H,4,8H2,1-3H3. The predicted molar refractivity (Wildman–Crippen MR) is 70.5 cm³/mol. The van der Waals surface area contributed by atoms with Crippen LogP contribution in [0.4, 0.5) is 0 Å². The number of halogens is 1. The lowest BCUT2D eigenvalue weighted by molar-refractivity contribution is -0.128. The zero-order valence-electron chi connectivity index (χ0n) is 10.3. The fourth-order valence-electron chi connectivity index (χ4n) is 1.51. The number of benzene rings is 1. The fourth-order valence-corrected chi connectivity index (χ4v) is 2.10. The summed E-state index contributed by atoms with van der Waals surface area (Å²) in [6, 6.07) is 5.63. The minimum absolute atomic E-state index is 0.0870. The number of ketones is 1. The van der Waals surface area contributed by atoms with Crippen LogP contribution < -0.4 is 4.74 Å². The van der Waals surface area contributed by atoms with Crippen molar-refractivity contribution < 1.29 is 14.3 Å². The Labute approximate surface area is 110 Å². The van der Waals surface area contributed by atoms with E-state index in [4.69, 9.17) is 9.47 Å². The average Bonchev–Trinajstić information content (AvgIpc) is 2.29. The Balaban J connectivity index is 2.69. The van der Waals surface area contributed by atoms with Crippen molar-refractivity contribution in [3.8, 4) is 5.75 Å². The number of carbonyl (C=O) groups is 1. The summed E-state index contributed by atoms with van der Waals surface area (Å²) in [5, 5.41) is 0. The molecule has 0 aromatic heterocycles. The van der Waals surface area contributed by atoms with Crippen molar-refractivity contribution in [1.82, 2.24) is 0 Å². The highest BCUT2D eigenvalue weighted by Crippen LogP contribution is 2.25. The SMILES string of the molecule is CCOC(C)C(=O)Cc1ccc(OC)c(Br)c1. The average molecular weight is 301 g/mol. The first kappa shape index (κ1) is 14.2. The lowest BCUT2D eigenvalue weighted by atomic mass is 10.1. The largest absolute Gasteiger partial charge is 0.496 e. The zero-order chi connectivity index (χ0) is 12.8. The Bertz CT molecular complexity index is 390. The number of rotatable bonds is 6. The van der Waals surface area contributed by atoms with Crippen molar-refractivity contribution in [2.24, 2.45) is 0 Å². The molecule has 1 rings (SSSR count). The molecule has 0 aliphatic heterocycles. The number of carbonyl (C=O) groups excluding carboxylic acids is 1. The van der Waals surface area contributed by atoms with Crippen LogP contribution in [-0.4, -0.2) is 25.6 Å². The molecular formula is C13H17BrO3. The summed E-state index contributed by atoms with van der Waals surface area (Å²) in [5.74, 6) is 0.850. The third-order valence-electron chi connectivity index (χ3n) is 2.46. The Morgan fingerprint density at radius 1 is 1.47 bits per heavy atom. The van der Waals surface area contributed by atoms with Crippen molar-refractivity contribution in [2.45, 2.75) is 26.4 Å². The van der Waals surface area contributed by atoms with Gasteiger partial charge in [-0.3, -0.25) is 4.79 Å². The Kier molecular flexibility index (Phi) is 5.65. The van der Waals surface area contributed by atoms with E-state index in [0.717, 1.165) is 15.8 Å². The summed E-state index contributed by atoms with van der Waals surface area (Å²) < 4.78 is 11.3. The smallest absolute Gasteiger partial charge is 0.165 e. The van der Waals surface area contributed by atoms with E-state index in [0.29, 0.717) is 13.0 Å². The van der Waals surface area contributed by atoms with Gasteiger partial charge in [0.05, 0.1) is 11.6 Å². The fraction of sp³-hybridized carbons (Fsp3) is 0.462. The Hall–Kier alpha value is -0.870. The van der Waals surface area contributed by atoms with Crippen molar-refractivity contribution in [3.05, 3.63) is 28.2 Å². The van der Waals surface area contributed by atoms with E-state index in [1.54, 1.807) is 14.0 Å². The molecule has 1 unspecified atom stereocenters. The summed E-state index contributed by atoms with van der Waals surface area (Å²) in [5.41, 5.74) is 0.953. The maximum absolute atomic E-state index is 11.8. The number of hydrogen-bond donors (Lipinski definition) is 0. The predicted octanol–water partition coefficient (Wildman–Crippen LogP) is 2.99. The van der Waals surface area contributed by atoms with Crippen molar-refractivity contribution in [1.29, 1.82) is 0 Å². The van der Waals surface area contributed by atoms with Crippen LogP contribution in [0.15, 0.2) is 22.7 Å². The summed E-state index contributed by atoms with van der Waals surface area (Å²) >= 11 is 3.40. The number of Topliss-reactive ketones (excluding diaryl/α,β-unsaturated/α-hetero) is 1. The van der Waals surface area contributed by atoms with Gasteiger partial charge in [0.1, 0.15) is 11.9 Å². The van der Waals surface area contributed by atoms with E-state index < -0.39 is 0 Å². The van der Waals surface area contributed by atoms with Crippen molar-refractivity contribution in [3.63, 3.8) is 0 Å². The molecular weight excluding hydrogens is 284 g/mol. The second-order valence-corrected chi connectivity index (χ2v) is 4.56. The van der Waals surface area contributed by atoms with Gasteiger partial charge in [-0.05, 0) is 47.5 Å². The third-order valence-corrected chi connectivity index (χ3v) is 3.08. The highest BCUT2D eigenvalue weighted by atomic mass is 79.9. The van der Waals surface area contributed by atoms with E-state index in [9.17, 15) is 4.79 Å². The molecule has 0 bridgehead atoms. The molecule has 94 valence electrons. The highest BCUT2D eigenvalue weighted by Gasteiger charge is 2.13. The maximum Gasteiger partial charge on any atom is 0.165 e. The summed E-state index contributed by atoms with van der Waals surface area (Å²) in [6.45, 7) is 4.22. The molecule has 0 fully saturated rings. The van der Waals surface area contributed by atoms with Crippen LogP contribution in [0, 0.1) is 0 Å². The number of ether oxygens (including phenoxy) is 2. The van der Waals surface area contributed by atoms with E-state index in [1.165, 1.54) is 0 Å². The van der Waals surface area contributed by atoms with Crippen LogP contribution in [0.25, 0.3) is 0 Å². The lowest BCUT2D eigenvalue weighted by Crippen LogP contribution is -2.22. The van der Waals surface area contributed by atoms with Gasteiger partial charge in [-0.2, -0.15) is 0 Å². The van der Waals surface area contributed by atoms with Crippen LogP contribution in [0.2, 0.25) is 0 Å². The molecule has 0 N–H and O–H groups in total. The first-order chi connectivity index (χ1) is 8.08. The molecule has 0 spiro atoms. The molecule has 4 heteroatoms. The second-order valence-electron chi connectivity index (χ2n) is 3.71. The summed E-state index contributed by atoms with van der Waals surface area (Å²) in [7, 11) is 1.61. The van der Waals surface area contributed by atoms with Gasteiger partial charge in [-0.25, -0.2) is 0 Å². The Morgan fingerprint density at radius 2 is 2.18 bits per heavy atom. The normalized spacial score (nSPS) is 12.2. The van der Waals surface area contributed by atoms with E-state index >= 15 is 0 Å². The molecule has 0 saturated heterocycles. The van der Waals surface area contributed by atoms with Crippen molar-refractivity contribution in [2.75, 3.05) is 13.7 Å². The number of methoxy groups -OCH3 is 1.